The predicted molar refractivity (Wildman–Crippen MR) is 72.0 cm³/mol. The fourth-order valence-electron chi connectivity index (χ4n) is 1.03. The summed E-state index contributed by atoms with van der Waals surface area (Å²) in [6, 6.07) is 10.3. The first-order chi connectivity index (χ1) is 7.83. The molecule has 92 valence electrons. The first-order valence-electron chi connectivity index (χ1n) is 5.63. The van der Waals surface area contributed by atoms with Crippen molar-refractivity contribution in [3.63, 3.8) is 0 Å². The average Bonchev–Trinajstić information content (AvgIpc) is 2.86. The van der Waals surface area contributed by atoms with E-state index in [2.05, 4.69) is 35.0 Å². The summed E-state index contributed by atoms with van der Waals surface area (Å²) in [6.07, 6.45) is 0.0139. The predicted octanol–water partition coefficient (Wildman–Crippen LogP) is 3.78. The van der Waals surface area contributed by atoms with Gasteiger partial charge in [0.1, 0.15) is 0 Å². The molecule has 0 bridgehead atoms. The van der Waals surface area contributed by atoms with Gasteiger partial charge in [0, 0.05) is 0 Å². The van der Waals surface area contributed by atoms with Gasteiger partial charge in [0.05, 0.1) is 18.5 Å². The second kappa shape index (κ2) is 11.1. The van der Waals surface area contributed by atoms with Crippen LogP contribution < -0.4 is 0 Å². The lowest BCUT2D eigenvalue weighted by Crippen LogP contribution is -2.07. The lowest BCUT2D eigenvalue weighted by atomic mass is 10.2. The van der Waals surface area contributed by atoms with Crippen molar-refractivity contribution < 1.29 is 9.47 Å². The third-order valence-corrected chi connectivity index (χ3v) is 2.29. The van der Waals surface area contributed by atoms with Crippen LogP contribution in [0.1, 0.15) is 19.4 Å². The summed E-state index contributed by atoms with van der Waals surface area (Å²) in [5.74, 6) is 0. The Morgan fingerprint density at radius 1 is 1.12 bits per heavy atom. The fourth-order valence-corrected chi connectivity index (χ4v) is 1.40. The SMILES string of the molecule is BrCC1OCCO1.CC.Cc1ccccc1. The second-order valence-corrected chi connectivity index (χ2v) is 3.63. The number of halogens is 1. The van der Waals surface area contributed by atoms with Gasteiger partial charge in [-0.25, -0.2) is 0 Å². The fraction of sp³-hybridized carbons (Fsp3) is 0.538. The molecule has 0 saturated carbocycles. The molecule has 1 aliphatic rings. The van der Waals surface area contributed by atoms with E-state index in [9.17, 15) is 0 Å². The van der Waals surface area contributed by atoms with E-state index in [4.69, 9.17) is 9.47 Å². The van der Waals surface area contributed by atoms with Crippen LogP contribution in [0.5, 0.6) is 0 Å². The largest absolute Gasteiger partial charge is 0.349 e. The van der Waals surface area contributed by atoms with Crippen molar-refractivity contribution in [1.29, 1.82) is 0 Å². The van der Waals surface area contributed by atoms with Crippen LogP contribution in [0.3, 0.4) is 0 Å². The number of hydrogen-bond acceptors (Lipinski definition) is 2. The van der Waals surface area contributed by atoms with Crippen LogP contribution in [0, 0.1) is 6.92 Å². The summed E-state index contributed by atoms with van der Waals surface area (Å²) >= 11 is 3.23. The van der Waals surface area contributed by atoms with Gasteiger partial charge in [-0.15, -0.1) is 0 Å². The topological polar surface area (TPSA) is 18.5 Å². The Labute approximate surface area is 107 Å². The van der Waals surface area contributed by atoms with Gasteiger partial charge in [-0.2, -0.15) is 0 Å². The molecule has 1 aliphatic heterocycles. The maximum atomic E-state index is 5.03. The highest BCUT2D eigenvalue weighted by Gasteiger charge is 2.12. The van der Waals surface area contributed by atoms with Gasteiger partial charge in [-0.1, -0.05) is 65.7 Å². The normalized spacial score (nSPS) is 14.5. The minimum absolute atomic E-state index is 0.0139. The second-order valence-electron chi connectivity index (χ2n) is 2.98. The smallest absolute Gasteiger partial charge is 0.167 e. The molecule has 0 radical (unpaired) electrons. The zero-order valence-electron chi connectivity index (χ0n) is 10.3. The van der Waals surface area contributed by atoms with Crippen molar-refractivity contribution in [2.75, 3.05) is 18.5 Å². The van der Waals surface area contributed by atoms with Crippen LogP contribution in [-0.4, -0.2) is 24.8 Å². The van der Waals surface area contributed by atoms with E-state index in [1.54, 1.807) is 0 Å². The van der Waals surface area contributed by atoms with E-state index in [1.807, 2.05) is 32.0 Å². The molecule has 1 aromatic carbocycles. The van der Waals surface area contributed by atoms with E-state index in [0.717, 1.165) is 18.5 Å². The van der Waals surface area contributed by atoms with Gasteiger partial charge in [0.25, 0.3) is 0 Å². The summed E-state index contributed by atoms with van der Waals surface area (Å²) in [6.45, 7) is 7.58. The summed E-state index contributed by atoms with van der Waals surface area (Å²) in [5.41, 5.74) is 1.32. The monoisotopic (exact) mass is 288 g/mol. The van der Waals surface area contributed by atoms with Gasteiger partial charge in [-0.3, -0.25) is 0 Å². The number of benzene rings is 1. The molecule has 1 fully saturated rings. The zero-order chi connectivity index (χ0) is 12.2. The van der Waals surface area contributed by atoms with Crippen molar-refractivity contribution in [2.45, 2.75) is 27.1 Å². The Morgan fingerprint density at radius 3 is 1.88 bits per heavy atom. The molecule has 0 aliphatic carbocycles. The zero-order valence-corrected chi connectivity index (χ0v) is 11.9. The first-order valence-corrected chi connectivity index (χ1v) is 6.76. The van der Waals surface area contributed by atoms with Crippen molar-refractivity contribution >= 4 is 15.9 Å². The van der Waals surface area contributed by atoms with Gasteiger partial charge < -0.3 is 9.47 Å². The van der Waals surface area contributed by atoms with Crippen LogP contribution >= 0.6 is 15.9 Å². The van der Waals surface area contributed by atoms with Gasteiger partial charge >= 0.3 is 0 Å². The lowest BCUT2D eigenvalue weighted by Gasteiger charge is -2.00. The van der Waals surface area contributed by atoms with E-state index >= 15 is 0 Å². The molecule has 2 nitrogen and oxygen atoms in total. The van der Waals surface area contributed by atoms with E-state index < -0.39 is 0 Å². The minimum atomic E-state index is 0.0139. The van der Waals surface area contributed by atoms with Crippen molar-refractivity contribution in [1.82, 2.24) is 0 Å². The highest BCUT2D eigenvalue weighted by Crippen LogP contribution is 2.04. The molecular weight excluding hydrogens is 268 g/mol. The van der Waals surface area contributed by atoms with Gasteiger partial charge in [0.2, 0.25) is 0 Å². The van der Waals surface area contributed by atoms with Gasteiger partial charge in [-0.05, 0) is 6.92 Å². The van der Waals surface area contributed by atoms with Crippen LogP contribution in [0.25, 0.3) is 0 Å². The number of rotatable bonds is 1. The lowest BCUT2D eigenvalue weighted by molar-refractivity contribution is -0.0205. The molecule has 0 N–H and O–H groups in total. The Balaban J connectivity index is 0.000000244. The summed E-state index contributed by atoms with van der Waals surface area (Å²) in [7, 11) is 0. The molecule has 0 unspecified atom stereocenters. The molecule has 0 aromatic heterocycles. The summed E-state index contributed by atoms with van der Waals surface area (Å²) in [5, 5.41) is 0.785. The van der Waals surface area contributed by atoms with Crippen molar-refractivity contribution in [2.24, 2.45) is 0 Å². The van der Waals surface area contributed by atoms with Gasteiger partial charge in [0.15, 0.2) is 6.29 Å². The summed E-state index contributed by atoms with van der Waals surface area (Å²) < 4.78 is 10.1. The standard InChI is InChI=1S/C7H8.C4H7BrO2.C2H6/c1-7-5-3-2-4-6-7;5-3-4-6-1-2-7-4;1-2/h2-6H,1H3;4H,1-3H2;1-2H3. The molecule has 1 aromatic rings. The Kier molecular flexibility index (Phi) is 10.9. The van der Waals surface area contributed by atoms with Crippen LogP contribution in [0.4, 0.5) is 0 Å². The van der Waals surface area contributed by atoms with Crippen molar-refractivity contribution in [3.8, 4) is 0 Å². The van der Waals surface area contributed by atoms with E-state index in [0.29, 0.717) is 0 Å². The third-order valence-electron chi connectivity index (χ3n) is 1.76. The molecule has 1 saturated heterocycles. The Hall–Kier alpha value is -0.380. The van der Waals surface area contributed by atoms with E-state index in [1.165, 1.54) is 5.56 Å². The number of hydrogen-bond donors (Lipinski definition) is 0. The highest BCUT2D eigenvalue weighted by molar-refractivity contribution is 9.09. The number of alkyl halides is 1. The van der Waals surface area contributed by atoms with Crippen LogP contribution in [0.15, 0.2) is 30.3 Å². The molecule has 0 spiro atoms. The molecule has 0 atom stereocenters. The molecule has 0 amide bonds. The molecule has 1 heterocycles. The molecule has 3 heteroatoms. The molecule has 16 heavy (non-hydrogen) atoms. The molecular formula is C13H21BrO2. The summed E-state index contributed by atoms with van der Waals surface area (Å²) in [4.78, 5) is 0. The first kappa shape index (κ1) is 15.6. The maximum absolute atomic E-state index is 5.03. The van der Waals surface area contributed by atoms with E-state index in [-0.39, 0.29) is 6.29 Å². The number of ether oxygens (including phenoxy) is 2. The maximum Gasteiger partial charge on any atom is 0.167 e. The van der Waals surface area contributed by atoms with Crippen LogP contribution in [0.2, 0.25) is 0 Å². The molecule has 2 rings (SSSR count). The van der Waals surface area contributed by atoms with Crippen molar-refractivity contribution in [3.05, 3.63) is 35.9 Å². The Bertz CT molecular complexity index is 233. The quantitative estimate of drug-likeness (QED) is 0.733. The highest BCUT2D eigenvalue weighted by atomic mass is 79.9. The minimum Gasteiger partial charge on any atom is -0.349 e. The Morgan fingerprint density at radius 2 is 1.62 bits per heavy atom. The third kappa shape index (κ3) is 7.85. The average molecular weight is 289 g/mol. The van der Waals surface area contributed by atoms with Crippen LogP contribution in [-0.2, 0) is 9.47 Å². The number of aryl methyl sites for hydroxylation is 1.